The van der Waals surface area contributed by atoms with Crippen LogP contribution < -0.4 is 14.8 Å². The highest BCUT2D eigenvalue weighted by Gasteiger charge is 2.22. The number of nitrogens with one attached hydrogen (secondary N) is 2. The molecule has 0 aliphatic rings. The molecule has 0 radical (unpaired) electrons. The zero-order valence-corrected chi connectivity index (χ0v) is 17.6. The van der Waals surface area contributed by atoms with E-state index >= 15 is 0 Å². The predicted octanol–water partition coefficient (Wildman–Crippen LogP) is 2.80. The van der Waals surface area contributed by atoms with Gasteiger partial charge in [0.05, 0.1) is 30.3 Å². The summed E-state index contributed by atoms with van der Waals surface area (Å²) < 4.78 is 32.3. The van der Waals surface area contributed by atoms with Gasteiger partial charge in [-0.05, 0) is 31.2 Å². The zero-order valence-electron chi connectivity index (χ0n) is 16.0. The number of rotatable bonds is 8. The van der Waals surface area contributed by atoms with E-state index in [1.54, 1.807) is 12.1 Å². The van der Waals surface area contributed by atoms with E-state index in [1.807, 2.05) is 35.7 Å². The molecule has 0 bridgehead atoms. The van der Waals surface area contributed by atoms with Crippen LogP contribution in [0.25, 0.3) is 11.3 Å². The van der Waals surface area contributed by atoms with E-state index in [4.69, 9.17) is 4.74 Å². The minimum Gasteiger partial charge on any atom is -0.497 e. The molecule has 7 nitrogen and oxygen atoms in total. The predicted molar refractivity (Wildman–Crippen MR) is 112 cm³/mol. The number of methoxy groups -OCH3 is 1. The number of carbonyl (C=O) groups is 1. The van der Waals surface area contributed by atoms with Gasteiger partial charge in [-0.2, -0.15) is 4.72 Å². The van der Waals surface area contributed by atoms with Crippen molar-refractivity contribution in [3.63, 3.8) is 0 Å². The fourth-order valence-electron chi connectivity index (χ4n) is 2.56. The number of hydrogen-bond acceptors (Lipinski definition) is 6. The van der Waals surface area contributed by atoms with Crippen LogP contribution in [0.4, 0.5) is 0 Å². The van der Waals surface area contributed by atoms with Crippen LogP contribution in [0.1, 0.15) is 11.9 Å². The van der Waals surface area contributed by atoms with Gasteiger partial charge in [0.2, 0.25) is 15.9 Å². The molecule has 0 saturated carbocycles. The quantitative estimate of drug-likeness (QED) is 0.572. The van der Waals surface area contributed by atoms with Crippen molar-refractivity contribution in [1.29, 1.82) is 0 Å². The highest BCUT2D eigenvalue weighted by atomic mass is 32.2. The number of amides is 1. The Morgan fingerprint density at radius 3 is 2.48 bits per heavy atom. The van der Waals surface area contributed by atoms with Crippen LogP contribution in [-0.4, -0.2) is 32.5 Å². The summed E-state index contributed by atoms with van der Waals surface area (Å²) in [6, 6.07) is 14.7. The lowest BCUT2D eigenvalue weighted by Crippen LogP contribution is -2.44. The summed E-state index contributed by atoms with van der Waals surface area (Å²) in [6.45, 7) is 1.72. The van der Waals surface area contributed by atoms with Crippen LogP contribution in [0, 0.1) is 0 Å². The molecule has 0 aliphatic carbocycles. The Hall–Kier alpha value is -2.75. The second-order valence-corrected chi connectivity index (χ2v) is 8.89. The summed E-state index contributed by atoms with van der Waals surface area (Å²) in [5, 5.41) is 5.38. The van der Waals surface area contributed by atoms with Gasteiger partial charge in [0.1, 0.15) is 10.8 Å². The standard InChI is InChI=1S/C20H21N3O4S2/c1-14(23-29(25,26)17-10-8-16(27-2)9-11-17)20(24)21-12-19-22-18(13-28-19)15-6-4-3-5-7-15/h3-11,13-14,23H,12H2,1-2H3,(H,21,24)/t14-/m0/s1. The molecule has 9 heteroatoms. The Morgan fingerprint density at radius 2 is 1.83 bits per heavy atom. The van der Waals surface area contributed by atoms with Crippen molar-refractivity contribution in [1.82, 2.24) is 15.0 Å². The van der Waals surface area contributed by atoms with E-state index in [0.29, 0.717) is 5.75 Å². The van der Waals surface area contributed by atoms with E-state index < -0.39 is 22.0 Å². The Labute approximate surface area is 173 Å². The summed E-state index contributed by atoms with van der Waals surface area (Å²) in [5.74, 6) is 0.117. The fraction of sp³-hybridized carbons (Fsp3) is 0.200. The van der Waals surface area contributed by atoms with E-state index in [2.05, 4.69) is 15.0 Å². The SMILES string of the molecule is COc1ccc(S(=O)(=O)N[C@@H](C)C(=O)NCc2nc(-c3ccccc3)cs2)cc1. The topological polar surface area (TPSA) is 97.4 Å². The molecule has 2 N–H and O–H groups in total. The first kappa shape index (κ1) is 21.0. The molecule has 0 fully saturated rings. The third kappa shape index (κ3) is 5.41. The average molecular weight is 432 g/mol. The number of aromatic nitrogens is 1. The number of thiazole rings is 1. The molecule has 1 heterocycles. The molecule has 1 aromatic heterocycles. The summed E-state index contributed by atoms with van der Waals surface area (Å²) in [7, 11) is -2.32. The first-order valence-corrected chi connectivity index (χ1v) is 11.2. The molecule has 3 aromatic rings. The van der Waals surface area contributed by atoms with Crippen molar-refractivity contribution in [2.24, 2.45) is 0 Å². The molecule has 29 heavy (non-hydrogen) atoms. The van der Waals surface area contributed by atoms with Crippen LogP contribution in [0.2, 0.25) is 0 Å². The number of ether oxygens (including phenoxy) is 1. The third-order valence-electron chi connectivity index (χ3n) is 4.13. The molecular formula is C20H21N3O4S2. The van der Waals surface area contributed by atoms with E-state index in [9.17, 15) is 13.2 Å². The van der Waals surface area contributed by atoms with E-state index in [-0.39, 0.29) is 11.4 Å². The van der Waals surface area contributed by atoms with Crippen molar-refractivity contribution >= 4 is 27.3 Å². The Balaban J connectivity index is 1.57. The Bertz CT molecular complexity index is 1060. The monoisotopic (exact) mass is 431 g/mol. The smallest absolute Gasteiger partial charge is 0.241 e. The second kappa shape index (κ2) is 9.17. The van der Waals surface area contributed by atoms with Crippen molar-refractivity contribution in [2.75, 3.05) is 7.11 Å². The first-order valence-electron chi connectivity index (χ1n) is 8.83. The third-order valence-corrected chi connectivity index (χ3v) is 6.54. The minimum atomic E-state index is -3.82. The lowest BCUT2D eigenvalue weighted by Gasteiger charge is -2.14. The lowest BCUT2D eigenvalue weighted by molar-refractivity contribution is -0.122. The molecular weight excluding hydrogens is 410 g/mol. The summed E-state index contributed by atoms with van der Waals surface area (Å²) in [4.78, 5) is 16.9. The van der Waals surface area contributed by atoms with Crippen LogP contribution in [0.5, 0.6) is 5.75 Å². The van der Waals surface area contributed by atoms with Crippen LogP contribution in [0.3, 0.4) is 0 Å². The lowest BCUT2D eigenvalue weighted by atomic mass is 10.2. The Kier molecular flexibility index (Phi) is 6.63. The first-order chi connectivity index (χ1) is 13.9. The summed E-state index contributed by atoms with van der Waals surface area (Å²) in [6.07, 6.45) is 0. The molecule has 0 aliphatic heterocycles. The summed E-state index contributed by atoms with van der Waals surface area (Å²) >= 11 is 1.44. The highest BCUT2D eigenvalue weighted by molar-refractivity contribution is 7.89. The van der Waals surface area contributed by atoms with Gasteiger partial charge in [0.15, 0.2) is 0 Å². The number of nitrogens with zero attached hydrogens (tertiary/aromatic N) is 1. The maximum Gasteiger partial charge on any atom is 0.241 e. The second-order valence-electron chi connectivity index (χ2n) is 6.23. The normalized spacial score (nSPS) is 12.3. The molecule has 2 aromatic carbocycles. The van der Waals surface area contributed by atoms with Gasteiger partial charge in [-0.3, -0.25) is 4.79 Å². The summed E-state index contributed by atoms with van der Waals surface area (Å²) in [5.41, 5.74) is 1.84. The van der Waals surface area contributed by atoms with Gasteiger partial charge in [0, 0.05) is 10.9 Å². The number of sulfonamides is 1. The van der Waals surface area contributed by atoms with Crippen molar-refractivity contribution in [3.8, 4) is 17.0 Å². The van der Waals surface area contributed by atoms with Crippen LogP contribution >= 0.6 is 11.3 Å². The van der Waals surface area contributed by atoms with Gasteiger partial charge in [-0.15, -0.1) is 11.3 Å². The van der Waals surface area contributed by atoms with Gasteiger partial charge >= 0.3 is 0 Å². The average Bonchev–Trinajstić information content (AvgIpc) is 3.21. The Morgan fingerprint density at radius 1 is 1.14 bits per heavy atom. The number of hydrogen-bond donors (Lipinski definition) is 2. The van der Waals surface area contributed by atoms with Crippen molar-refractivity contribution < 1.29 is 17.9 Å². The van der Waals surface area contributed by atoms with Crippen molar-refractivity contribution in [2.45, 2.75) is 24.4 Å². The minimum absolute atomic E-state index is 0.0605. The maximum atomic E-state index is 12.4. The zero-order chi connectivity index (χ0) is 20.9. The van der Waals surface area contributed by atoms with E-state index in [1.165, 1.54) is 37.5 Å². The van der Waals surface area contributed by atoms with Gasteiger partial charge in [-0.25, -0.2) is 13.4 Å². The van der Waals surface area contributed by atoms with Gasteiger partial charge in [-0.1, -0.05) is 30.3 Å². The molecule has 0 unspecified atom stereocenters. The van der Waals surface area contributed by atoms with Crippen LogP contribution in [0.15, 0.2) is 64.9 Å². The largest absolute Gasteiger partial charge is 0.497 e. The maximum absolute atomic E-state index is 12.4. The molecule has 3 rings (SSSR count). The molecule has 1 amide bonds. The van der Waals surface area contributed by atoms with Gasteiger partial charge in [0.25, 0.3) is 0 Å². The van der Waals surface area contributed by atoms with Gasteiger partial charge < -0.3 is 10.1 Å². The highest BCUT2D eigenvalue weighted by Crippen LogP contribution is 2.21. The van der Waals surface area contributed by atoms with E-state index in [0.717, 1.165) is 16.3 Å². The number of benzene rings is 2. The van der Waals surface area contributed by atoms with Crippen LogP contribution in [-0.2, 0) is 21.4 Å². The van der Waals surface area contributed by atoms with Crippen molar-refractivity contribution in [3.05, 3.63) is 65.0 Å². The molecule has 1 atom stereocenters. The molecule has 152 valence electrons. The fourth-order valence-corrected chi connectivity index (χ4v) is 4.50. The molecule has 0 spiro atoms. The molecule has 0 saturated heterocycles. The number of carbonyl (C=O) groups excluding carboxylic acids is 1.